The van der Waals surface area contributed by atoms with Gasteiger partial charge in [-0.1, -0.05) is 6.08 Å². The third-order valence-electron chi connectivity index (χ3n) is 3.67. The van der Waals surface area contributed by atoms with E-state index in [1.54, 1.807) is 44.4 Å². The van der Waals surface area contributed by atoms with Gasteiger partial charge in [0.2, 0.25) is 5.91 Å². The van der Waals surface area contributed by atoms with E-state index in [9.17, 15) is 9.59 Å². The number of hydrogen-bond donors (Lipinski definition) is 1. The summed E-state index contributed by atoms with van der Waals surface area (Å²) >= 11 is 0. The van der Waals surface area contributed by atoms with Gasteiger partial charge in [0.1, 0.15) is 17.5 Å². The third-order valence-corrected chi connectivity index (χ3v) is 3.67. The molecule has 0 radical (unpaired) electrons. The van der Waals surface area contributed by atoms with E-state index in [0.29, 0.717) is 23.7 Å². The number of nitrogens with one attached hydrogen (secondary N) is 1. The van der Waals surface area contributed by atoms with Gasteiger partial charge in [0, 0.05) is 18.2 Å². The van der Waals surface area contributed by atoms with Gasteiger partial charge in [0.25, 0.3) is 5.56 Å². The lowest BCUT2D eigenvalue weighted by Crippen LogP contribution is -2.37. The van der Waals surface area contributed by atoms with Crippen molar-refractivity contribution in [2.24, 2.45) is 0 Å². The molecule has 0 spiro atoms. The molecule has 1 atom stereocenters. The highest BCUT2D eigenvalue weighted by atomic mass is 16.5. The summed E-state index contributed by atoms with van der Waals surface area (Å²) in [6.45, 7) is 5.47. The van der Waals surface area contributed by atoms with Crippen molar-refractivity contribution in [3.8, 4) is 22.8 Å². The molecule has 0 aliphatic heterocycles. The number of benzene rings is 1. The predicted molar refractivity (Wildman–Crippen MR) is 95.0 cm³/mol. The molecule has 0 fully saturated rings. The van der Waals surface area contributed by atoms with E-state index >= 15 is 0 Å². The van der Waals surface area contributed by atoms with Crippen LogP contribution in [0.15, 0.2) is 47.8 Å². The predicted octanol–water partition coefficient (Wildman–Crippen LogP) is 1.79. The Labute approximate surface area is 145 Å². The second-order valence-electron chi connectivity index (χ2n) is 5.28. The highest BCUT2D eigenvalue weighted by Crippen LogP contribution is 2.28. The summed E-state index contributed by atoms with van der Waals surface area (Å²) in [5, 5.41) is 7.01. The molecule has 0 bridgehead atoms. The molecule has 7 nitrogen and oxygen atoms in total. The molecular formula is C18H21N3O4. The molecular weight excluding hydrogens is 322 g/mol. The molecule has 1 amide bonds. The van der Waals surface area contributed by atoms with Crippen LogP contribution < -0.4 is 20.3 Å². The number of methoxy groups -OCH3 is 2. The van der Waals surface area contributed by atoms with E-state index in [0.717, 1.165) is 10.2 Å². The second kappa shape index (κ2) is 8.14. The fourth-order valence-electron chi connectivity index (χ4n) is 2.27. The van der Waals surface area contributed by atoms with E-state index in [1.165, 1.54) is 13.2 Å². The minimum atomic E-state index is -0.768. The van der Waals surface area contributed by atoms with Crippen LogP contribution in [0.5, 0.6) is 11.5 Å². The maximum absolute atomic E-state index is 12.3. The number of hydrogen-bond acceptors (Lipinski definition) is 5. The minimum Gasteiger partial charge on any atom is -0.497 e. The van der Waals surface area contributed by atoms with Gasteiger partial charge in [-0.05, 0) is 31.2 Å². The normalized spacial score (nSPS) is 11.5. The van der Waals surface area contributed by atoms with Crippen molar-refractivity contribution >= 4 is 5.91 Å². The Bertz CT molecular complexity index is 812. The van der Waals surface area contributed by atoms with Crippen LogP contribution in [0.3, 0.4) is 0 Å². The first kappa shape index (κ1) is 18.3. The Morgan fingerprint density at radius 3 is 2.56 bits per heavy atom. The monoisotopic (exact) mass is 343 g/mol. The second-order valence-corrected chi connectivity index (χ2v) is 5.28. The Morgan fingerprint density at radius 2 is 2.00 bits per heavy atom. The van der Waals surface area contributed by atoms with Gasteiger partial charge in [-0.3, -0.25) is 9.59 Å². The molecule has 1 aromatic heterocycles. The fraction of sp³-hybridized carbons (Fsp3) is 0.278. The van der Waals surface area contributed by atoms with Gasteiger partial charge in [-0.2, -0.15) is 5.10 Å². The van der Waals surface area contributed by atoms with Crippen molar-refractivity contribution in [2.75, 3.05) is 20.8 Å². The summed E-state index contributed by atoms with van der Waals surface area (Å²) in [4.78, 5) is 24.4. The average molecular weight is 343 g/mol. The van der Waals surface area contributed by atoms with Crippen LogP contribution in [0.2, 0.25) is 0 Å². The van der Waals surface area contributed by atoms with Crippen molar-refractivity contribution in [3.63, 3.8) is 0 Å². The number of amides is 1. The fourth-order valence-corrected chi connectivity index (χ4v) is 2.27. The molecule has 0 unspecified atom stereocenters. The standard InChI is InChI=1S/C18H21N3O4/c1-5-10-19-18(23)12(2)21-16(22)11-15(25-4)17(20-21)13-6-8-14(24-3)9-7-13/h5-9,11-12H,1,10H2,2-4H3,(H,19,23)/t12-/m1/s1. The maximum atomic E-state index is 12.3. The summed E-state index contributed by atoms with van der Waals surface area (Å²) in [6.07, 6.45) is 1.57. The number of aromatic nitrogens is 2. The molecule has 1 N–H and O–H groups in total. The van der Waals surface area contributed by atoms with Gasteiger partial charge in [0.05, 0.1) is 14.2 Å². The van der Waals surface area contributed by atoms with Gasteiger partial charge < -0.3 is 14.8 Å². The Hall–Kier alpha value is -3.09. The van der Waals surface area contributed by atoms with Crippen LogP contribution in [0.1, 0.15) is 13.0 Å². The maximum Gasteiger partial charge on any atom is 0.271 e. The summed E-state index contributed by atoms with van der Waals surface area (Å²) in [5.41, 5.74) is 0.786. The van der Waals surface area contributed by atoms with E-state index in [-0.39, 0.29) is 5.91 Å². The number of carbonyl (C=O) groups excluding carboxylic acids is 1. The molecule has 0 aliphatic carbocycles. The topological polar surface area (TPSA) is 82.5 Å². The van der Waals surface area contributed by atoms with Crippen LogP contribution in [0, 0.1) is 0 Å². The van der Waals surface area contributed by atoms with Crippen LogP contribution in [-0.2, 0) is 4.79 Å². The smallest absolute Gasteiger partial charge is 0.271 e. The van der Waals surface area contributed by atoms with E-state index < -0.39 is 11.6 Å². The van der Waals surface area contributed by atoms with Crippen molar-refractivity contribution < 1.29 is 14.3 Å². The largest absolute Gasteiger partial charge is 0.497 e. The molecule has 1 heterocycles. The molecule has 2 rings (SSSR count). The summed E-state index contributed by atoms with van der Waals surface area (Å²) in [5.74, 6) is 0.721. The highest BCUT2D eigenvalue weighted by Gasteiger charge is 2.20. The zero-order valence-electron chi connectivity index (χ0n) is 14.5. The quantitative estimate of drug-likeness (QED) is 0.775. The van der Waals surface area contributed by atoms with Crippen LogP contribution >= 0.6 is 0 Å². The molecule has 1 aromatic carbocycles. The molecule has 132 valence electrons. The first-order valence-corrected chi connectivity index (χ1v) is 7.72. The summed E-state index contributed by atoms with van der Waals surface area (Å²) in [6, 6.07) is 7.74. The Morgan fingerprint density at radius 1 is 1.32 bits per heavy atom. The molecule has 0 aliphatic rings. The van der Waals surface area contributed by atoms with E-state index in [4.69, 9.17) is 9.47 Å². The lowest BCUT2D eigenvalue weighted by atomic mass is 10.1. The summed E-state index contributed by atoms with van der Waals surface area (Å²) in [7, 11) is 3.05. The Kier molecular flexibility index (Phi) is 5.94. The third kappa shape index (κ3) is 4.06. The zero-order valence-corrected chi connectivity index (χ0v) is 14.5. The lowest BCUT2D eigenvalue weighted by molar-refractivity contribution is -0.124. The summed E-state index contributed by atoms with van der Waals surface area (Å²) < 4.78 is 11.6. The van der Waals surface area contributed by atoms with Crippen molar-refractivity contribution in [1.29, 1.82) is 0 Å². The van der Waals surface area contributed by atoms with Gasteiger partial charge in [-0.15, -0.1) is 6.58 Å². The molecule has 25 heavy (non-hydrogen) atoms. The number of ether oxygens (including phenoxy) is 2. The van der Waals surface area contributed by atoms with Crippen LogP contribution in [-0.4, -0.2) is 36.5 Å². The van der Waals surface area contributed by atoms with Crippen molar-refractivity contribution in [1.82, 2.24) is 15.1 Å². The molecule has 2 aromatic rings. The molecule has 0 saturated heterocycles. The van der Waals surface area contributed by atoms with E-state index in [1.807, 2.05) is 0 Å². The van der Waals surface area contributed by atoms with Gasteiger partial charge >= 0.3 is 0 Å². The molecule has 0 saturated carbocycles. The van der Waals surface area contributed by atoms with E-state index in [2.05, 4.69) is 17.0 Å². The lowest BCUT2D eigenvalue weighted by Gasteiger charge is -2.16. The van der Waals surface area contributed by atoms with Crippen LogP contribution in [0.25, 0.3) is 11.3 Å². The average Bonchev–Trinajstić information content (AvgIpc) is 2.65. The Balaban J connectivity index is 2.47. The minimum absolute atomic E-state index is 0.319. The van der Waals surface area contributed by atoms with Gasteiger partial charge in [-0.25, -0.2) is 4.68 Å². The molecule has 7 heteroatoms. The SMILES string of the molecule is C=CCNC(=O)[C@@H](C)n1nc(-c2ccc(OC)cc2)c(OC)cc1=O. The number of carbonyl (C=O) groups is 1. The van der Waals surface area contributed by atoms with Crippen LogP contribution in [0.4, 0.5) is 0 Å². The van der Waals surface area contributed by atoms with Crippen molar-refractivity contribution in [2.45, 2.75) is 13.0 Å². The zero-order chi connectivity index (χ0) is 18.4. The first-order valence-electron chi connectivity index (χ1n) is 7.72. The highest BCUT2D eigenvalue weighted by molar-refractivity contribution is 5.80. The van der Waals surface area contributed by atoms with Gasteiger partial charge in [0.15, 0.2) is 5.75 Å². The first-order chi connectivity index (χ1) is 12.0. The number of rotatable bonds is 7. The number of nitrogens with zero attached hydrogens (tertiary/aromatic N) is 2. The van der Waals surface area contributed by atoms with Crippen molar-refractivity contribution in [3.05, 3.63) is 53.3 Å².